The summed E-state index contributed by atoms with van der Waals surface area (Å²) in [6, 6.07) is 11.9. The van der Waals surface area contributed by atoms with Crippen molar-refractivity contribution in [2.24, 2.45) is 0 Å². The molecule has 0 fully saturated rings. The van der Waals surface area contributed by atoms with Gasteiger partial charge in [-0.25, -0.2) is 0 Å². The highest BCUT2D eigenvalue weighted by molar-refractivity contribution is 6.05. The van der Waals surface area contributed by atoms with Gasteiger partial charge in [-0.1, -0.05) is 32.0 Å². The number of ether oxygens (including phenoxy) is 1. The average molecular weight is 357 g/mol. The predicted octanol–water partition coefficient (Wildman–Crippen LogP) is 4.03. The second kappa shape index (κ2) is 8.96. The van der Waals surface area contributed by atoms with E-state index in [-0.39, 0.29) is 23.1 Å². The number of nitrogens with one attached hydrogen (secondary N) is 2. The van der Waals surface area contributed by atoms with Crippen molar-refractivity contribution in [3.05, 3.63) is 63.7 Å². The van der Waals surface area contributed by atoms with Crippen LogP contribution in [0.15, 0.2) is 42.5 Å². The summed E-state index contributed by atoms with van der Waals surface area (Å²) >= 11 is 0. The Labute approximate surface area is 152 Å². The molecule has 2 N–H and O–H groups in total. The number of methoxy groups -OCH3 is 1. The molecule has 0 saturated heterocycles. The minimum atomic E-state index is -0.506. The van der Waals surface area contributed by atoms with E-state index in [1.54, 1.807) is 13.2 Å². The number of para-hydroxylation sites is 1. The zero-order chi connectivity index (χ0) is 19.1. The Morgan fingerprint density at radius 2 is 1.92 bits per heavy atom. The van der Waals surface area contributed by atoms with Gasteiger partial charge in [0.1, 0.15) is 5.69 Å². The van der Waals surface area contributed by atoms with E-state index >= 15 is 0 Å². The smallest absolute Gasteiger partial charge is 0.293 e. The van der Waals surface area contributed by atoms with Crippen molar-refractivity contribution in [1.29, 1.82) is 0 Å². The molecule has 0 aliphatic heterocycles. The van der Waals surface area contributed by atoms with Gasteiger partial charge in [0.05, 0.1) is 11.5 Å². The van der Waals surface area contributed by atoms with Crippen molar-refractivity contribution in [1.82, 2.24) is 0 Å². The van der Waals surface area contributed by atoms with Gasteiger partial charge in [0, 0.05) is 31.0 Å². The summed E-state index contributed by atoms with van der Waals surface area (Å²) in [7, 11) is 1.55. The molecule has 2 aromatic rings. The molecule has 0 radical (unpaired) electrons. The van der Waals surface area contributed by atoms with Crippen LogP contribution in [0.5, 0.6) is 0 Å². The van der Waals surface area contributed by atoms with Crippen molar-refractivity contribution in [3.8, 4) is 0 Å². The van der Waals surface area contributed by atoms with Crippen LogP contribution in [0.1, 0.15) is 35.7 Å². The highest BCUT2D eigenvalue weighted by atomic mass is 16.6. The van der Waals surface area contributed by atoms with Crippen LogP contribution < -0.4 is 10.6 Å². The molecule has 2 rings (SSSR count). The maximum absolute atomic E-state index is 12.6. The van der Waals surface area contributed by atoms with Crippen LogP contribution >= 0.6 is 0 Å². The zero-order valence-electron chi connectivity index (χ0n) is 15.1. The van der Waals surface area contributed by atoms with E-state index in [1.165, 1.54) is 12.1 Å². The van der Waals surface area contributed by atoms with E-state index in [9.17, 15) is 14.9 Å². The van der Waals surface area contributed by atoms with Crippen LogP contribution in [0, 0.1) is 10.1 Å². The maximum atomic E-state index is 12.6. The van der Waals surface area contributed by atoms with E-state index in [0.29, 0.717) is 24.5 Å². The standard InChI is InChI=1S/C19H23N3O4/c1-13(2)15-6-4-5-7-16(15)21-19(23)14-8-9-17(20-10-11-26-3)18(12-14)22(24)25/h4-9,12-13,20H,10-11H2,1-3H3,(H,21,23). The number of benzene rings is 2. The number of nitro groups is 1. The normalized spacial score (nSPS) is 10.6. The SMILES string of the molecule is COCCNc1ccc(C(=O)Nc2ccccc2C(C)C)cc1[N+](=O)[O-]. The molecule has 0 bridgehead atoms. The lowest BCUT2D eigenvalue weighted by Gasteiger charge is -2.14. The number of hydrogen-bond acceptors (Lipinski definition) is 5. The molecule has 0 spiro atoms. The van der Waals surface area contributed by atoms with Crippen LogP contribution in [0.25, 0.3) is 0 Å². The monoisotopic (exact) mass is 357 g/mol. The molecule has 0 heterocycles. The fraction of sp³-hybridized carbons (Fsp3) is 0.316. The van der Waals surface area contributed by atoms with E-state index < -0.39 is 4.92 Å². The molecular formula is C19H23N3O4. The van der Waals surface area contributed by atoms with Gasteiger partial charge in [-0.05, 0) is 29.7 Å². The first-order valence-electron chi connectivity index (χ1n) is 8.35. The van der Waals surface area contributed by atoms with Gasteiger partial charge in [0.25, 0.3) is 11.6 Å². The summed E-state index contributed by atoms with van der Waals surface area (Å²) in [6.07, 6.45) is 0. The molecule has 26 heavy (non-hydrogen) atoms. The Kier molecular flexibility index (Phi) is 6.68. The molecule has 0 atom stereocenters. The molecule has 7 nitrogen and oxygen atoms in total. The molecule has 1 amide bonds. The van der Waals surface area contributed by atoms with Crippen LogP contribution in [0.2, 0.25) is 0 Å². The fourth-order valence-electron chi connectivity index (χ4n) is 2.57. The van der Waals surface area contributed by atoms with Crippen LogP contribution in [-0.2, 0) is 4.74 Å². The summed E-state index contributed by atoms with van der Waals surface area (Å²) in [5, 5.41) is 17.1. The third-order valence-corrected chi connectivity index (χ3v) is 3.91. The van der Waals surface area contributed by atoms with Gasteiger partial charge in [-0.15, -0.1) is 0 Å². The van der Waals surface area contributed by atoms with Crippen LogP contribution in [-0.4, -0.2) is 31.1 Å². The van der Waals surface area contributed by atoms with E-state index in [0.717, 1.165) is 5.56 Å². The van der Waals surface area contributed by atoms with Gasteiger partial charge in [-0.2, -0.15) is 0 Å². The Morgan fingerprint density at radius 3 is 2.58 bits per heavy atom. The summed E-state index contributed by atoms with van der Waals surface area (Å²) < 4.78 is 4.93. The zero-order valence-corrected chi connectivity index (χ0v) is 15.1. The highest BCUT2D eigenvalue weighted by Gasteiger charge is 2.18. The van der Waals surface area contributed by atoms with Crippen molar-refractivity contribution in [2.45, 2.75) is 19.8 Å². The second-order valence-corrected chi connectivity index (χ2v) is 6.10. The minimum absolute atomic E-state index is 0.147. The maximum Gasteiger partial charge on any atom is 0.293 e. The predicted molar refractivity (Wildman–Crippen MR) is 102 cm³/mol. The number of nitrogens with zero attached hydrogens (tertiary/aromatic N) is 1. The minimum Gasteiger partial charge on any atom is -0.383 e. The van der Waals surface area contributed by atoms with Crippen LogP contribution in [0.3, 0.4) is 0 Å². The quantitative estimate of drug-likeness (QED) is 0.423. The first kappa shape index (κ1) is 19.4. The lowest BCUT2D eigenvalue weighted by Crippen LogP contribution is -2.15. The first-order valence-corrected chi connectivity index (χ1v) is 8.35. The molecular weight excluding hydrogens is 334 g/mol. The van der Waals surface area contributed by atoms with E-state index in [2.05, 4.69) is 10.6 Å². The number of carbonyl (C=O) groups excluding carboxylic acids is 1. The van der Waals surface area contributed by atoms with Gasteiger partial charge in [0.15, 0.2) is 0 Å². The fourth-order valence-corrected chi connectivity index (χ4v) is 2.57. The Morgan fingerprint density at radius 1 is 1.19 bits per heavy atom. The highest BCUT2D eigenvalue weighted by Crippen LogP contribution is 2.27. The first-order chi connectivity index (χ1) is 12.4. The lowest BCUT2D eigenvalue weighted by atomic mass is 10.0. The molecule has 138 valence electrons. The number of hydrogen-bond donors (Lipinski definition) is 2. The molecule has 0 saturated carbocycles. The molecule has 2 aromatic carbocycles. The van der Waals surface area contributed by atoms with Crippen molar-refractivity contribution >= 4 is 23.0 Å². The molecule has 7 heteroatoms. The van der Waals surface area contributed by atoms with Crippen LogP contribution in [0.4, 0.5) is 17.1 Å². The summed E-state index contributed by atoms with van der Waals surface area (Å²) in [4.78, 5) is 23.4. The number of nitro benzene ring substituents is 1. The summed E-state index contributed by atoms with van der Waals surface area (Å²) in [5.41, 5.74) is 2.15. The van der Waals surface area contributed by atoms with Gasteiger partial charge in [0.2, 0.25) is 0 Å². The Balaban J connectivity index is 2.24. The largest absolute Gasteiger partial charge is 0.383 e. The second-order valence-electron chi connectivity index (χ2n) is 6.10. The summed E-state index contributed by atoms with van der Waals surface area (Å²) in [6.45, 7) is 4.93. The molecule has 0 aliphatic rings. The number of carbonyl (C=O) groups is 1. The number of anilines is 2. The van der Waals surface area contributed by atoms with Crippen molar-refractivity contribution < 1.29 is 14.5 Å². The average Bonchev–Trinajstić information content (AvgIpc) is 2.62. The van der Waals surface area contributed by atoms with E-state index in [4.69, 9.17) is 4.74 Å². The third kappa shape index (κ3) is 4.80. The molecule has 0 unspecified atom stereocenters. The van der Waals surface area contributed by atoms with Gasteiger partial charge in [-0.3, -0.25) is 14.9 Å². The van der Waals surface area contributed by atoms with Crippen molar-refractivity contribution in [2.75, 3.05) is 30.9 Å². The Bertz CT molecular complexity index is 790. The van der Waals surface area contributed by atoms with E-state index in [1.807, 2.05) is 38.1 Å². The topological polar surface area (TPSA) is 93.5 Å². The Hall–Kier alpha value is -2.93. The van der Waals surface area contributed by atoms with Gasteiger partial charge >= 0.3 is 0 Å². The third-order valence-electron chi connectivity index (χ3n) is 3.91. The molecule has 0 aromatic heterocycles. The lowest BCUT2D eigenvalue weighted by molar-refractivity contribution is -0.384. The molecule has 0 aliphatic carbocycles. The summed E-state index contributed by atoms with van der Waals surface area (Å²) in [5.74, 6) is -0.141. The number of amides is 1. The number of rotatable bonds is 8. The van der Waals surface area contributed by atoms with Crippen molar-refractivity contribution in [3.63, 3.8) is 0 Å². The van der Waals surface area contributed by atoms with Gasteiger partial charge < -0.3 is 15.4 Å².